The first kappa shape index (κ1) is 25.1. The SMILES string of the molecule is CC(NCCCNC(=O)CCc1nc2ccc(N3CCOCC3)nc2s1)c1ccc(Cl)c(Cl)c1. The van der Waals surface area contributed by atoms with Gasteiger partial charge in [-0.2, -0.15) is 0 Å². The van der Waals surface area contributed by atoms with Gasteiger partial charge in [-0.3, -0.25) is 4.79 Å². The van der Waals surface area contributed by atoms with Gasteiger partial charge in [0.15, 0.2) is 0 Å². The fraction of sp³-hybridized carbons (Fsp3) is 0.458. The summed E-state index contributed by atoms with van der Waals surface area (Å²) in [5.41, 5.74) is 1.97. The zero-order valence-corrected chi connectivity index (χ0v) is 21.5. The predicted octanol–water partition coefficient (Wildman–Crippen LogP) is 4.62. The number of halogens is 2. The molecule has 182 valence electrons. The number of ether oxygens (including phenoxy) is 1. The predicted molar refractivity (Wildman–Crippen MR) is 139 cm³/mol. The van der Waals surface area contributed by atoms with Gasteiger partial charge in [-0.1, -0.05) is 40.6 Å². The number of pyridine rings is 1. The second-order valence-corrected chi connectivity index (χ2v) is 10.1. The van der Waals surface area contributed by atoms with Gasteiger partial charge in [0.2, 0.25) is 5.91 Å². The topological polar surface area (TPSA) is 79.4 Å². The molecule has 7 nitrogen and oxygen atoms in total. The summed E-state index contributed by atoms with van der Waals surface area (Å²) in [6, 6.07) is 9.84. The van der Waals surface area contributed by atoms with Crippen molar-refractivity contribution in [3.63, 3.8) is 0 Å². The molecule has 1 atom stereocenters. The molecule has 2 N–H and O–H groups in total. The molecule has 0 saturated carbocycles. The fourth-order valence-electron chi connectivity index (χ4n) is 3.77. The summed E-state index contributed by atoms with van der Waals surface area (Å²) >= 11 is 13.6. The van der Waals surface area contributed by atoms with Crippen LogP contribution in [0.1, 0.15) is 36.4 Å². The van der Waals surface area contributed by atoms with Gasteiger partial charge >= 0.3 is 0 Å². The summed E-state index contributed by atoms with van der Waals surface area (Å²) in [5, 5.41) is 8.49. The van der Waals surface area contributed by atoms with E-state index in [4.69, 9.17) is 32.9 Å². The Balaban J connectivity index is 1.16. The van der Waals surface area contributed by atoms with E-state index in [-0.39, 0.29) is 11.9 Å². The van der Waals surface area contributed by atoms with Crippen LogP contribution in [-0.4, -0.2) is 55.3 Å². The van der Waals surface area contributed by atoms with E-state index in [2.05, 4.69) is 27.4 Å². The van der Waals surface area contributed by atoms with E-state index >= 15 is 0 Å². The number of nitrogens with one attached hydrogen (secondary N) is 2. The minimum absolute atomic E-state index is 0.0405. The number of nitrogens with zero attached hydrogens (tertiary/aromatic N) is 3. The van der Waals surface area contributed by atoms with Gasteiger partial charge < -0.3 is 20.3 Å². The number of carbonyl (C=O) groups is 1. The molecule has 2 aromatic heterocycles. The van der Waals surface area contributed by atoms with Crippen LogP contribution in [0.25, 0.3) is 10.3 Å². The van der Waals surface area contributed by atoms with Gasteiger partial charge in [0.25, 0.3) is 0 Å². The lowest BCUT2D eigenvalue weighted by atomic mass is 10.1. The molecule has 1 aliphatic heterocycles. The van der Waals surface area contributed by atoms with E-state index < -0.39 is 0 Å². The molecule has 0 radical (unpaired) electrons. The minimum atomic E-state index is 0.0405. The first-order chi connectivity index (χ1) is 16.5. The van der Waals surface area contributed by atoms with E-state index in [0.717, 1.165) is 66.0 Å². The van der Waals surface area contributed by atoms with Crippen molar-refractivity contribution in [2.24, 2.45) is 0 Å². The molecule has 1 aliphatic rings. The minimum Gasteiger partial charge on any atom is -0.378 e. The smallest absolute Gasteiger partial charge is 0.220 e. The van der Waals surface area contributed by atoms with Crippen LogP contribution in [0.3, 0.4) is 0 Å². The Hall–Kier alpha value is -1.97. The maximum absolute atomic E-state index is 12.3. The van der Waals surface area contributed by atoms with Crippen molar-refractivity contribution in [3.8, 4) is 0 Å². The van der Waals surface area contributed by atoms with Gasteiger partial charge in [-0.25, -0.2) is 9.97 Å². The molecule has 4 rings (SSSR count). The van der Waals surface area contributed by atoms with E-state index in [1.807, 2.05) is 30.3 Å². The number of hydrogen-bond donors (Lipinski definition) is 2. The van der Waals surface area contributed by atoms with Crippen LogP contribution in [0.4, 0.5) is 5.82 Å². The van der Waals surface area contributed by atoms with Crippen molar-refractivity contribution in [1.82, 2.24) is 20.6 Å². The number of amides is 1. The lowest BCUT2D eigenvalue weighted by Gasteiger charge is -2.27. The van der Waals surface area contributed by atoms with E-state index in [0.29, 0.717) is 29.4 Å². The fourth-order valence-corrected chi connectivity index (χ4v) is 5.01. The van der Waals surface area contributed by atoms with Crippen LogP contribution < -0.4 is 15.5 Å². The van der Waals surface area contributed by atoms with Crippen LogP contribution >= 0.6 is 34.5 Å². The Kier molecular flexibility index (Phi) is 8.97. The Morgan fingerprint density at radius 1 is 1.15 bits per heavy atom. The molecule has 0 spiro atoms. The molecule has 1 amide bonds. The van der Waals surface area contributed by atoms with Gasteiger partial charge in [0.1, 0.15) is 16.2 Å². The lowest BCUT2D eigenvalue weighted by Crippen LogP contribution is -2.36. The largest absolute Gasteiger partial charge is 0.378 e. The lowest BCUT2D eigenvalue weighted by molar-refractivity contribution is -0.121. The van der Waals surface area contributed by atoms with Crippen molar-refractivity contribution in [2.75, 3.05) is 44.3 Å². The van der Waals surface area contributed by atoms with Crippen molar-refractivity contribution < 1.29 is 9.53 Å². The molecule has 1 saturated heterocycles. The number of aryl methyl sites for hydroxylation is 1. The molecule has 1 fully saturated rings. The molecule has 1 unspecified atom stereocenters. The Bertz CT molecular complexity index is 1120. The number of thiazole rings is 1. The average molecular weight is 523 g/mol. The first-order valence-corrected chi connectivity index (χ1v) is 13.1. The molecular formula is C24H29Cl2N5O2S. The second kappa shape index (κ2) is 12.1. The maximum Gasteiger partial charge on any atom is 0.220 e. The zero-order valence-electron chi connectivity index (χ0n) is 19.2. The summed E-state index contributed by atoms with van der Waals surface area (Å²) in [7, 11) is 0. The Labute approximate surface area is 213 Å². The summed E-state index contributed by atoms with van der Waals surface area (Å²) < 4.78 is 5.42. The van der Waals surface area contributed by atoms with Crippen molar-refractivity contribution in [3.05, 3.63) is 50.9 Å². The Morgan fingerprint density at radius 2 is 1.97 bits per heavy atom. The third-order valence-corrected chi connectivity index (χ3v) is 7.52. The highest BCUT2D eigenvalue weighted by Crippen LogP contribution is 2.26. The van der Waals surface area contributed by atoms with Crippen LogP contribution in [0.2, 0.25) is 10.0 Å². The average Bonchev–Trinajstić information content (AvgIpc) is 3.27. The summed E-state index contributed by atoms with van der Waals surface area (Å²) in [6.07, 6.45) is 1.88. The summed E-state index contributed by atoms with van der Waals surface area (Å²) in [6.45, 7) is 6.67. The number of hydrogen-bond acceptors (Lipinski definition) is 7. The van der Waals surface area contributed by atoms with E-state index in [1.165, 1.54) is 0 Å². The van der Waals surface area contributed by atoms with Gasteiger partial charge in [0, 0.05) is 38.5 Å². The van der Waals surface area contributed by atoms with Crippen molar-refractivity contribution in [1.29, 1.82) is 0 Å². The molecule has 34 heavy (non-hydrogen) atoms. The van der Waals surface area contributed by atoms with Crippen molar-refractivity contribution >= 4 is 56.6 Å². The number of benzene rings is 1. The number of rotatable bonds is 10. The molecule has 0 aliphatic carbocycles. The van der Waals surface area contributed by atoms with Crippen LogP contribution in [-0.2, 0) is 16.0 Å². The number of aromatic nitrogens is 2. The molecule has 0 bridgehead atoms. The van der Waals surface area contributed by atoms with E-state index in [1.54, 1.807) is 11.3 Å². The van der Waals surface area contributed by atoms with Crippen LogP contribution in [0.5, 0.6) is 0 Å². The highest BCUT2D eigenvalue weighted by atomic mass is 35.5. The highest BCUT2D eigenvalue weighted by molar-refractivity contribution is 7.18. The summed E-state index contributed by atoms with van der Waals surface area (Å²) in [5.74, 6) is 1.00. The number of morpholine rings is 1. The second-order valence-electron chi connectivity index (χ2n) is 8.25. The van der Waals surface area contributed by atoms with Crippen LogP contribution in [0.15, 0.2) is 30.3 Å². The number of anilines is 1. The zero-order chi connectivity index (χ0) is 23.9. The molecule has 3 aromatic rings. The normalized spacial score (nSPS) is 15.0. The molecular weight excluding hydrogens is 493 g/mol. The quantitative estimate of drug-likeness (QED) is 0.379. The highest BCUT2D eigenvalue weighted by Gasteiger charge is 2.15. The van der Waals surface area contributed by atoms with Crippen LogP contribution in [0, 0.1) is 0 Å². The monoisotopic (exact) mass is 521 g/mol. The third kappa shape index (κ3) is 6.79. The summed E-state index contributed by atoms with van der Waals surface area (Å²) in [4.78, 5) is 24.8. The first-order valence-electron chi connectivity index (χ1n) is 11.5. The van der Waals surface area contributed by atoms with Gasteiger partial charge in [-0.05, 0) is 49.7 Å². The molecule has 1 aromatic carbocycles. The van der Waals surface area contributed by atoms with E-state index in [9.17, 15) is 4.79 Å². The third-order valence-electron chi connectivity index (χ3n) is 5.76. The molecule has 3 heterocycles. The molecule has 10 heteroatoms. The maximum atomic E-state index is 12.3. The standard InChI is InChI=1S/C24H29Cl2N5O2S/c1-16(17-3-4-18(25)19(26)15-17)27-9-2-10-28-22(32)7-8-23-29-20-5-6-21(30-24(20)34-23)31-11-13-33-14-12-31/h3-6,15-16,27H,2,7-14H2,1H3,(H,28,32). The Morgan fingerprint density at radius 3 is 2.76 bits per heavy atom. The number of fused-ring (bicyclic) bond motifs is 1. The van der Waals surface area contributed by atoms with Crippen molar-refractivity contribution in [2.45, 2.75) is 32.2 Å². The van der Waals surface area contributed by atoms with Gasteiger partial charge in [0.05, 0.1) is 28.3 Å². The number of carbonyl (C=O) groups excluding carboxylic acids is 1. The van der Waals surface area contributed by atoms with Gasteiger partial charge in [-0.15, -0.1) is 0 Å².